The van der Waals surface area contributed by atoms with Crippen molar-refractivity contribution < 1.29 is 10.2 Å². The van der Waals surface area contributed by atoms with Crippen molar-refractivity contribution in [3.8, 4) is 5.75 Å². The molecule has 1 aromatic heterocycles. The normalized spacial score (nSPS) is 12.5. The Morgan fingerprint density at radius 3 is 2.67 bits per heavy atom. The molecule has 130 valence electrons. The molecule has 1 atom stereocenters. The van der Waals surface area contributed by atoms with E-state index in [1.165, 1.54) is 12.1 Å². The molecule has 2 rings (SSSR count). The van der Waals surface area contributed by atoms with Gasteiger partial charge in [0.1, 0.15) is 5.75 Å². The maximum Gasteiger partial charge on any atom is 0.328 e. The van der Waals surface area contributed by atoms with Gasteiger partial charge in [0.15, 0.2) is 0 Å². The monoisotopic (exact) mass is 333 g/mol. The van der Waals surface area contributed by atoms with Crippen LogP contribution >= 0.6 is 0 Å². The minimum Gasteiger partial charge on any atom is -0.508 e. The molecule has 0 amide bonds. The zero-order chi connectivity index (χ0) is 17.7. The van der Waals surface area contributed by atoms with Gasteiger partial charge >= 0.3 is 5.69 Å². The van der Waals surface area contributed by atoms with Crippen LogP contribution < -0.4 is 11.2 Å². The number of aliphatic hydroxyl groups excluding tert-OH is 1. The molecule has 0 bridgehead atoms. The van der Waals surface area contributed by atoms with Crippen molar-refractivity contribution in [2.24, 2.45) is 0 Å². The van der Waals surface area contributed by atoms with E-state index in [1.54, 1.807) is 25.1 Å². The Bertz CT molecular complexity index is 766. The molecule has 1 heterocycles. The Labute approximate surface area is 139 Å². The van der Waals surface area contributed by atoms with Gasteiger partial charge in [0.25, 0.3) is 5.56 Å². The lowest BCUT2D eigenvalue weighted by molar-refractivity contribution is 0.113. The molecule has 1 aromatic carbocycles. The van der Waals surface area contributed by atoms with Gasteiger partial charge in [0, 0.05) is 31.4 Å². The van der Waals surface area contributed by atoms with Crippen LogP contribution in [0.5, 0.6) is 5.75 Å². The molecule has 24 heavy (non-hydrogen) atoms. The lowest BCUT2D eigenvalue weighted by Gasteiger charge is -2.24. The molecule has 0 spiro atoms. The number of likely N-dealkylation sites (N-methyl/N-ethyl adjacent to an activating group) is 1. The SMILES string of the molecule is CCN(CCn1c(=O)cc(C)[nH]c1=O)C[C@@H](O)c1cccc(O)c1. The molecular formula is C17H23N3O4. The number of aromatic hydroxyl groups is 1. The van der Waals surface area contributed by atoms with E-state index in [0.717, 1.165) is 4.57 Å². The predicted octanol–water partition coefficient (Wildman–Crippen LogP) is 0.606. The summed E-state index contributed by atoms with van der Waals surface area (Å²) in [5.74, 6) is 0.104. The quantitative estimate of drug-likeness (QED) is 0.689. The molecule has 0 aliphatic heterocycles. The Hall–Kier alpha value is -2.38. The van der Waals surface area contributed by atoms with E-state index in [0.29, 0.717) is 30.9 Å². The summed E-state index contributed by atoms with van der Waals surface area (Å²) in [6.07, 6.45) is -0.759. The van der Waals surface area contributed by atoms with Gasteiger partial charge in [-0.3, -0.25) is 14.3 Å². The number of aryl methyl sites for hydroxylation is 1. The van der Waals surface area contributed by atoms with Gasteiger partial charge < -0.3 is 15.2 Å². The van der Waals surface area contributed by atoms with Gasteiger partial charge in [-0.15, -0.1) is 0 Å². The smallest absolute Gasteiger partial charge is 0.328 e. The average Bonchev–Trinajstić information content (AvgIpc) is 2.52. The number of aromatic nitrogens is 2. The molecule has 7 nitrogen and oxygen atoms in total. The number of hydrogen-bond acceptors (Lipinski definition) is 5. The second-order valence-corrected chi connectivity index (χ2v) is 5.75. The van der Waals surface area contributed by atoms with Gasteiger partial charge in [0.05, 0.1) is 6.10 Å². The molecule has 0 radical (unpaired) electrons. The number of phenolic OH excluding ortho intramolecular Hbond substituents is 1. The van der Waals surface area contributed by atoms with E-state index in [4.69, 9.17) is 0 Å². The molecule has 0 saturated heterocycles. The van der Waals surface area contributed by atoms with Crippen molar-refractivity contribution in [2.45, 2.75) is 26.5 Å². The first kappa shape index (κ1) is 18.0. The first-order chi connectivity index (χ1) is 11.4. The molecule has 0 aliphatic carbocycles. The third kappa shape index (κ3) is 4.56. The Morgan fingerprint density at radius 2 is 2.04 bits per heavy atom. The van der Waals surface area contributed by atoms with Crippen molar-refractivity contribution in [3.05, 3.63) is 62.4 Å². The predicted molar refractivity (Wildman–Crippen MR) is 91.2 cm³/mol. The number of hydrogen-bond donors (Lipinski definition) is 3. The lowest BCUT2D eigenvalue weighted by Crippen LogP contribution is -2.40. The molecule has 0 fully saturated rings. The summed E-state index contributed by atoms with van der Waals surface area (Å²) in [4.78, 5) is 28.3. The molecule has 7 heteroatoms. The number of benzene rings is 1. The van der Waals surface area contributed by atoms with Crippen LogP contribution in [0.1, 0.15) is 24.3 Å². The van der Waals surface area contributed by atoms with Gasteiger partial charge in [0.2, 0.25) is 0 Å². The minimum absolute atomic E-state index is 0.104. The lowest BCUT2D eigenvalue weighted by atomic mass is 10.1. The van der Waals surface area contributed by atoms with E-state index in [1.807, 2.05) is 11.8 Å². The number of rotatable bonds is 7. The van der Waals surface area contributed by atoms with Crippen molar-refractivity contribution in [1.29, 1.82) is 0 Å². The fourth-order valence-electron chi connectivity index (χ4n) is 2.55. The maximum atomic E-state index is 11.9. The van der Waals surface area contributed by atoms with Crippen molar-refractivity contribution in [2.75, 3.05) is 19.6 Å². The van der Waals surface area contributed by atoms with E-state index < -0.39 is 11.8 Å². The third-order valence-corrected chi connectivity index (χ3v) is 3.93. The number of aromatic amines is 1. The number of aliphatic hydroxyl groups is 1. The highest BCUT2D eigenvalue weighted by Crippen LogP contribution is 2.19. The Kier molecular flexibility index (Phi) is 5.94. The third-order valence-electron chi connectivity index (χ3n) is 3.93. The Balaban J connectivity index is 2.03. The van der Waals surface area contributed by atoms with Crippen molar-refractivity contribution in [1.82, 2.24) is 14.5 Å². The van der Waals surface area contributed by atoms with Crippen LogP contribution in [0.25, 0.3) is 0 Å². The van der Waals surface area contributed by atoms with Crippen LogP contribution in [0.15, 0.2) is 39.9 Å². The number of phenols is 1. The van der Waals surface area contributed by atoms with E-state index in [9.17, 15) is 19.8 Å². The first-order valence-corrected chi connectivity index (χ1v) is 7.90. The summed E-state index contributed by atoms with van der Waals surface area (Å²) in [6.45, 7) is 5.31. The van der Waals surface area contributed by atoms with Crippen LogP contribution in [-0.2, 0) is 6.54 Å². The van der Waals surface area contributed by atoms with Gasteiger partial charge in [-0.1, -0.05) is 19.1 Å². The highest BCUT2D eigenvalue weighted by Gasteiger charge is 2.14. The fraction of sp³-hybridized carbons (Fsp3) is 0.412. The van der Waals surface area contributed by atoms with Crippen molar-refractivity contribution in [3.63, 3.8) is 0 Å². The fourth-order valence-corrected chi connectivity index (χ4v) is 2.55. The van der Waals surface area contributed by atoms with Crippen LogP contribution in [0.2, 0.25) is 0 Å². The standard InChI is InChI=1S/C17H23N3O4/c1-3-19(11-15(22)13-5-4-6-14(21)10-13)7-8-20-16(23)9-12(2)18-17(20)24/h4-6,9-10,15,21-22H,3,7-8,11H2,1-2H3,(H,18,24)/t15-/m1/s1. The molecular weight excluding hydrogens is 310 g/mol. The number of nitrogens with one attached hydrogen (secondary N) is 1. The molecule has 3 N–H and O–H groups in total. The van der Waals surface area contributed by atoms with Gasteiger partial charge in [-0.2, -0.15) is 0 Å². The molecule has 0 aliphatic rings. The maximum absolute atomic E-state index is 11.9. The van der Waals surface area contributed by atoms with E-state index >= 15 is 0 Å². The largest absolute Gasteiger partial charge is 0.508 e. The summed E-state index contributed by atoms with van der Waals surface area (Å²) in [5, 5.41) is 19.8. The number of nitrogens with zero attached hydrogens (tertiary/aromatic N) is 2. The average molecular weight is 333 g/mol. The van der Waals surface area contributed by atoms with Crippen LogP contribution in [0.3, 0.4) is 0 Å². The second-order valence-electron chi connectivity index (χ2n) is 5.75. The summed E-state index contributed by atoms with van der Waals surface area (Å²) >= 11 is 0. The van der Waals surface area contributed by atoms with E-state index in [2.05, 4.69) is 4.98 Å². The van der Waals surface area contributed by atoms with Crippen LogP contribution in [-0.4, -0.2) is 44.3 Å². The van der Waals surface area contributed by atoms with E-state index in [-0.39, 0.29) is 17.9 Å². The molecule has 0 unspecified atom stereocenters. The topological polar surface area (TPSA) is 98.6 Å². The highest BCUT2D eigenvalue weighted by molar-refractivity contribution is 5.28. The summed E-state index contributed by atoms with van der Waals surface area (Å²) in [6, 6.07) is 7.87. The van der Waals surface area contributed by atoms with Crippen LogP contribution in [0, 0.1) is 6.92 Å². The van der Waals surface area contributed by atoms with Gasteiger partial charge in [-0.05, 0) is 31.2 Å². The summed E-state index contributed by atoms with van der Waals surface area (Å²) < 4.78 is 1.15. The highest BCUT2D eigenvalue weighted by atomic mass is 16.3. The van der Waals surface area contributed by atoms with Crippen molar-refractivity contribution >= 4 is 0 Å². The first-order valence-electron chi connectivity index (χ1n) is 7.90. The summed E-state index contributed by atoms with van der Waals surface area (Å²) in [5.41, 5.74) is 0.400. The zero-order valence-corrected chi connectivity index (χ0v) is 13.9. The second kappa shape index (κ2) is 7.94. The van der Waals surface area contributed by atoms with Crippen LogP contribution in [0.4, 0.5) is 0 Å². The number of H-pyrrole nitrogens is 1. The van der Waals surface area contributed by atoms with Gasteiger partial charge in [-0.25, -0.2) is 4.79 Å². The molecule has 0 saturated carbocycles. The summed E-state index contributed by atoms with van der Waals surface area (Å²) in [7, 11) is 0. The minimum atomic E-state index is -0.759. The Morgan fingerprint density at radius 1 is 1.29 bits per heavy atom. The zero-order valence-electron chi connectivity index (χ0n) is 13.9. The molecule has 2 aromatic rings.